The molecule has 0 spiro atoms. The van der Waals surface area contributed by atoms with Gasteiger partial charge in [-0.15, -0.1) is 27.8 Å². The highest BCUT2D eigenvalue weighted by atomic mass is 32.1. The van der Waals surface area contributed by atoms with E-state index in [9.17, 15) is 24.9 Å². The molecule has 0 amide bonds. The first-order valence-electron chi connectivity index (χ1n) is 18.6. The van der Waals surface area contributed by atoms with Crippen molar-refractivity contribution in [1.29, 1.82) is 0 Å². The van der Waals surface area contributed by atoms with Gasteiger partial charge in [-0.2, -0.15) is 0 Å². The number of thiophene rings is 2. The van der Waals surface area contributed by atoms with Crippen molar-refractivity contribution in [3.05, 3.63) is 108 Å². The van der Waals surface area contributed by atoms with Gasteiger partial charge in [-0.25, -0.2) is 9.48 Å². The summed E-state index contributed by atoms with van der Waals surface area (Å²) in [5.41, 5.74) is 3.86. The lowest BCUT2D eigenvalue weighted by Gasteiger charge is -2.35. The van der Waals surface area contributed by atoms with Crippen molar-refractivity contribution in [1.82, 2.24) is 30.2 Å². The summed E-state index contributed by atoms with van der Waals surface area (Å²) in [6.07, 6.45) is 3.09. The van der Waals surface area contributed by atoms with E-state index in [4.69, 9.17) is 9.47 Å². The van der Waals surface area contributed by atoms with E-state index < -0.39 is 17.7 Å². The molecular formula is C40H44N6O7S2. The molecule has 5 N–H and O–H groups in total. The summed E-state index contributed by atoms with van der Waals surface area (Å²) in [6.45, 7) is 3.32. The maximum absolute atomic E-state index is 13.4. The summed E-state index contributed by atoms with van der Waals surface area (Å²) in [7, 11) is 2.15. The first-order chi connectivity index (χ1) is 26.7. The van der Waals surface area contributed by atoms with Gasteiger partial charge in [0.25, 0.3) is 0 Å². The Hall–Kier alpha value is -4.48. The number of pyridine rings is 1. The van der Waals surface area contributed by atoms with E-state index >= 15 is 0 Å². The van der Waals surface area contributed by atoms with Crippen LogP contribution in [-0.4, -0.2) is 78.4 Å². The largest absolute Gasteiger partial charge is 0.506 e. The normalized spacial score (nSPS) is 18.0. The van der Waals surface area contributed by atoms with Gasteiger partial charge in [0.15, 0.2) is 0 Å². The van der Waals surface area contributed by atoms with Gasteiger partial charge in [-0.05, 0) is 103 Å². The number of ether oxygens (including phenoxy) is 2. The number of aryl methyl sites for hydroxylation is 1. The predicted octanol–water partition coefficient (Wildman–Crippen LogP) is 5.07. The molecule has 1 atom stereocenters. The molecular weight excluding hydrogens is 741 g/mol. The molecule has 0 saturated heterocycles. The minimum Gasteiger partial charge on any atom is -0.506 e. The molecule has 288 valence electrons. The van der Waals surface area contributed by atoms with Gasteiger partial charge in [-0.3, -0.25) is 4.79 Å². The van der Waals surface area contributed by atoms with Gasteiger partial charge in [0.2, 0.25) is 11.2 Å². The van der Waals surface area contributed by atoms with Crippen LogP contribution in [0.2, 0.25) is 0 Å². The molecule has 13 nitrogen and oxygen atoms in total. The molecule has 1 fully saturated rings. The topological polar surface area (TPSA) is 175 Å². The highest BCUT2D eigenvalue weighted by Crippen LogP contribution is 2.38. The Bertz CT molecular complexity index is 2300. The second-order valence-electron chi connectivity index (χ2n) is 14.4. The maximum atomic E-state index is 13.4. The van der Waals surface area contributed by atoms with Crippen molar-refractivity contribution < 1.29 is 29.6 Å². The number of hydrogen-bond acceptors (Lipinski definition) is 13. The third kappa shape index (κ3) is 7.45. The van der Waals surface area contributed by atoms with Gasteiger partial charge in [0.1, 0.15) is 17.4 Å². The predicted molar refractivity (Wildman–Crippen MR) is 210 cm³/mol. The van der Waals surface area contributed by atoms with Gasteiger partial charge >= 0.3 is 5.97 Å². The molecule has 0 radical (unpaired) electrons. The van der Waals surface area contributed by atoms with Crippen LogP contribution in [0.4, 0.5) is 0 Å². The van der Waals surface area contributed by atoms with Gasteiger partial charge in [0.05, 0.1) is 40.1 Å². The van der Waals surface area contributed by atoms with E-state index in [1.165, 1.54) is 34.8 Å². The monoisotopic (exact) mass is 784 g/mol. The zero-order chi connectivity index (χ0) is 38.1. The van der Waals surface area contributed by atoms with E-state index in [1.54, 1.807) is 24.3 Å². The average molecular weight is 785 g/mol. The number of hydrogen-bond donors (Lipinski definition) is 5. The van der Waals surface area contributed by atoms with Crippen LogP contribution >= 0.6 is 22.7 Å². The summed E-state index contributed by atoms with van der Waals surface area (Å²) < 4.78 is 13.9. The highest BCUT2D eigenvalue weighted by Gasteiger charge is 2.45. The van der Waals surface area contributed by atoms with Gasteiger partial charge < -0.3 is 40.0 Å². The number of carbonyl (C=O) groups is 1. The number of esters is 1. The SMILES string of the molecule is CN(CCCn1nnc2cc(CNC[C@H](O)c3ccc(O)c4[nH]c(=O)ccc34)c3c(c21)COC3)[C@H]1CC[C@H](OC(=O)C(O)(c2cccs2)c2cccs2)CC1. The number of aromatic amines is 1. The molecule has 15 heteroatoms. The number of aliphatic hydroxyl groups excluding tert-OH is 1. The molecule has 6 aromatic rings. The molecule has 55 heavy (non-hydrogen) atoms. The van der Waals surface area contributed by atoms with Gasteiger partial charge in [0, 0.05) is 42.7 Å². The van der Waals surface area contributed by atoms with Crippen LogP contribution in [0, 0.1) is 0 Å². The van der Waals surface area contributed by atoms with Crippen LogP contribution in [0.15, 0.2) is 70.2 Å². The number of H-pyrrole nitrogens is 1. The van der Waals surface area contributed by atoms with Crippen molar-refractivity contribution >= 4 is 50.6 Å². The van der Waals surface area contributed by atoms with E-state index in [1.807, 2.05) is 33.6 Å². The van der Waals surface area contributed by atoms with Crippen LogP contribution in [0.1, 0.15) is 70.2 Å². The molecule has 4 aromatic heterocycles. The van der Waals surface area contributed by atoms with Crippen molar-refractivity contribution in [2.45, 2.75) is 82.3 Å². The van der Waals surface area contributed by atoms with Crippen LogP contribution < -0.4 is 10.9 Å². The zero-order valence-corrected chi connectivity index (χ0v) is 32.1. The maximum Gasteiger partial charge on any atom is 0.349 e. The number of phenols is 1. The lowest BCUT2D eigenvalue weighted by atomic mass is 9.91. The fourth-order valence-corrected chi connectivity index (χ4v) is 9.73. The molecule has 0 bridgehead atoms. The molecule has 2 aliphatic rings. The third-order valence-electron chi connectivity index (χ3n) is 11.0. The number of aromatic hydroxyl groups is 1. The van der Waals surface area contributed by atoms with Crippen molar-refractivity contribution in [3.63, 3.8) is 0 Å². The minimum absolute atomic E-state index is 0.0456. The van der Waals surface area contributed by atoms with Crippen molar-refractivity contribution in [2.75, 3.05) is 20.1 Å². The molecule has 1 aliphatic heterocycles. The lowest BCUT2D eigenvalue weighted by Crippen LogP contribution is -2.42. The van der Waals surface area contributed by atoms with Crippen LogP contribution in [0.5, 0.6) is 5.75 Å². The molecule has 2 aromatic carbocycles. The lowest BCUT2D eigenvalue weighted by molar-refractivity contribution is -0.169. The Balaban J connectivity index is 0.842. The summed E-state index contributed by atoms with van der Waals surface area (Å²) in [6, 6.07) is 15.8. The average Bonchev–Trinajstić information content (AvgIpc) is 4.03. The summed E-state index contributed by atoms with van der Waals surface area (Å²) in [4.78, 5) is 31.4. The van der Waals surface area contributed by atoms with Gasteiger partial charge in [-0.1, -0.05) is 23.4 Å². The number of phenolic OH excluding ortho intramolecular Hbond substituents is 1. The molecule has 8 rings (SSSR count). The van der Waals surface area contributed by atoms with E-state index in [0.717, 1.165) is 66.4 Å². The number of carbonyl (C=O) groups excluding carboxylic acids is 1. The Kier molecular flexibility index (Phi) is 10.9. The second-order valence-corrected chi connectivity index (χ2v) is 16.3. The Morgan fingerprint density at radius 1 is 1.09 bits per heavy atom. The van der Waals surface area contributed by atoms with Crippen LogP contribution in [0.3, 0.4) is 0 Å². The quantitative estimate of drug-likeness (QED) is 0.0934. The van der Waals surface area contributed by atoms with E-state index in [0.29, 0.717) is 58.6 Å². The Morgan fingerprint density at radius 3 is 2.56 bits per heavy atom. The van der Waals surface area contributed by atoms with Crippen molar-refractivity contribution in [3.8, 4) is 5.75 Å². The third-order valence-corrected chi connectivity index (χ3v) is 13.0. The van der Waals surface area contributed by atoms with Crippen LogP contribution in [-0.2, 0) is 46.2 Å². The minimum atomic E-state index is -1.79. The van der Waals surface area contributed by atoms with Crippen molar-refractivity contribution in [2.24, 2.45) is 0 Å². The molecule has 1 aliphatic carbocycles. The first kappa shape index (κ1) is 37.4. The zero-order valence-electron chi connectivity index (χ0n) is 30.4. The number of benzene rings is 2. The number of rotatable bonds is 14. The number of nitrogens with one attached hydrogen (secondary N) is 2. The first-order valence-corrected chi connectivity index (χ1v) is 20.4. The number of fused-ring (bicyclic) bond motifs is 4. The smallest absolute Gasteiger partial charge is 0.349 e. The summed E-state index contributed by atoms with van der Waals surface area (Å²) in [5.74, 6) is -0.649. The Labute approximate surface area is 325 Å². The second kappa shape index (κ2) is 15.9. The summed E-state index contributed by atoms with van der Waals surface area (Å²) in [5, 5.41) is 49.6. The Morgan fingerprint density at radius 2 is 1.84 bits per heavy atom. The van der Waals surface area contributed by atoms with E-state index in [-0.39, 0.29) is 24.0 Å². The highest BCUT2D eigenvalue weighted by molar-refractivity contribution is 7.12. The van der Waals surface area contributed by atoms with E-state index in [2.05, 4.69) is 32.6 Å². The molecule has 1 saturated carbocycles. The molecule has 5 heterocycles. The summed E-state index contributed by atoms with van der Waals surface area (Å²) >= 11 is 2.70. The fourth-order valence-electron chi connectivity index (χ4n) is 8.02. The fraction of sp³-hybridized carbons (Fsp3) is 0.400. The standard InChI is InChI=1S/C40H44N6O7S2/c1-45(25-7-9-26(10-8-25)53-39(50)40(51,34-5-2-17-54-34)35-6-3-18-55-35)15-4-16-46-38-30-23-52-22-29(30)24(19-31(38)43-44-46)20-41-21-33(48)27-11-13-32(47)37-28(27)12-14-36(49)42-37/h2-3,5-6,11-14,17-19,25-26,33,41,47-48,51H,4,7-10,15-16,20-23H2,1H3,(H,42,49)/t25-,26-,33-/m0/s1. The number of aliphatic hydroxyl groups is 2. The molecule has 0 unspecified atom stereocenters. The number of aromatic nitrogens is 4. The van der Waals surface area contributed by atoms with Crippen LogP contribution in [0.25, 0.3) is 21.9 Å². The number of nitrogens with zero attached hydrogens (tertiary/aromatic N) is 4.